The Morgan fingerprint density at radius 2 is 2.19 bits per heavy atom. The standard InChI is InChI=1S/C13H22N4O2.2ClH/c1-8-6-15-12(16-8)7-17(2)13(19)9-3-4-10(14)11(18)5-9;;/h6,9-11,18H,3-5,7,14H2,1-2H3,(H,15,16);2*1H/t9-,10+,11+;;/m0../s1. The van der Waals surface area contributed by atoms with Crippen LogP contribution in [0.15, 0.2) is 6.20 Å². The molecule has 1 saturated carbocycles. The van der Waals surface area contributed by atoms with Gasteiger partial charge in [-0.3, -0.25) is 4.79 Å². The largest absolute Gasteiger partial charge is 0.391 e. The lowest BCUT2D eigenvalue weighted by molar-refractivity contribution is -0.137. The second kappa shape index (κ2) is 8.58. The van der Waals surface area contributed by atoms with Crippen molar-refractivity contribution in [3.63, 3.8) is 0 Å². The van der Waals surface area contributed by atoms with Gasteiger partial charge in [0.05, 0.1) is 12.6 Å². The Hall–Kier alpha value is -0.820. The zero-order valence-corrected chi connectivity index (χ0v) is 13.9. The molecule has 0 radical (unpaired) electrons. The number of aryl methyl sites for hydroxylation is 1. The molecule has 1 aliphatic carbocycles. The molecule has 3 atom stereocenters. The van der Waals surface area contributed by atoms with Crippen LogP contribution in [-0.2, 0) is 11.3 Å². The summed E-state index contributed by atoms with van der Waals surface area (Å²) in [4.78, 5) is 21.3. The molecule has 0 aromatic carbocycles. The Balaban J connectivity index is 0.00000200. The number of aromatic amines is 1. The fourth-order valence-electron chi connectivity index (χ4n) is 2.56. The van der Waals surface area contributed by atoms with Crippen LogP contribution in [0.2, 0.25) is 0 Å². The van der Waals surface area contributed by atoms with Crippen LogP contribution in [0.3, 0.4) is 0 Å². The molecule has 1 aromatic heterocycles. The normalized spacial score (nSPS) is 24.7. The van der Waals surface area contributed by atoms with Gasteiger partial charge in [-0.05, 0) is 26.2 Å². The Morgan fingerprint density at radius 1 is 1.52 bits per heavy atom. The highest BCUT2D eigenvalue weighted by molar-refractivity contribution is 5.85. The van der Waals surface area contributed by atoms with Gasteiger partial charge >= 0.3 is 0 Å². The van der Waals surface area contributed by atoms with Crippen LogP contribution in [0.4, 0.5) is 0 Å². The first kappa shape index (κ1) is 20.2. The number of nitrogens with zero attached hydrogens (tertiary/aromatic N) is 2. The molecule has 122 valence electrons. The van der Waals surface area contributed by atoms with E-state index in [2.05, 4.69) is 9.97 Å². The zero-order chi connectivity index (χ0) is 14.0. The number of nitrogens with two attached hydrogens (primary N) is 1. The number of nitrogens with one attached hydrogen (secondary N) is 1. The number of aliphatic hydroxyl groups excluding tert-OH is 1. The van der Waals surface area contributed by atoms with Gasteiger partial charge in [-0.1, -0.05) is 0 Å². The van der Waals surface area contributed by atoms with E-state index in [0.717, 1.165) is 17.9 Å². The molecule has 2 rings (SSSR count). The lowest BCUT2D eigenvalue weighted by Crippen LogP contribution is -2.44. The number of halogens is 2. The molecular weight excluding hydrogens is 315 g/mol. The molecule has 0 unspecified atom stereocenters. The van der Waals surface area contributed by atoms with E-state index in [9.17, 15) is 9.90 Å². The van der Waals surface area contributed by atoms with Crippen molar-refractivity contribution in [3.8, 4) is 0 Å². The number of carbonyl (C=O) groups excluding carboxylic acids is 1. The Kier molecular flexibility index (Phi) is 8.25. The maximum Gasteiger partial charge on any atom is 0.225 e. The van der Waals surface area contributed by atoms with Crippen molar-refractivity contribution in [1.29, 1.82) is 0 Å². The molecule has 1 amide bonds. The molecule has 6 nitrogen and oxygen atoms in total. The smallest absolute Gasteiger partial charge is 0.225 e. The van der Waals surface area contributed by atoms with Crippen LogP contribution < -0.4 is 5.73 Å². The zero-order valence-electron chi connectivity index (χ0n) is 12.3. The predicted octanol–water partition coefficient (Wildman–Crippen LogP) is 1.01. The predicted molar refractivity (Wildman–Crippen MR) is 85.6 cm³/mol. The number of imidazole rings is 1. The Morgan fingerprint density at radius 3 is 2.71 bits per heavy atom. The van der Waals surface area contributed by atoms with E-state index in [-0.39, 0.29) is 42.7 Å². The molecule has 21 heavy (non-hydrogen) atoms. The summed E-state index contributed by atoms with van der Waals surface area (Å²) in [6.07, 6.45) is 3.09. The van der Waals surface area contributed by atoms with Gasteiger partial charge in [-0.25, -0.2) is 4.98 Å². The molecule has 1 fully saturated rings. The molecule has 4 N–H and O–H groups in total. The number of aliphatic hydroxyl groups is 1. The number of amides is 1. The van der Waals surface area contributed by atoms with E-state index in [0.29, 0.717) is 19.4 Å². The van der Waals surface area contributed by atoms with Crippen molar-refractivity contribution in [3.05, 3.63) is 17.7 Å². The third-order valence-electron chi connectivity index (χ3n) is 3.74. The minimum absolute atomic E-state index is 0. The van der Waals surface area contributed by atoms with E-state index in [1.807, 2.05) is 6.92 Å². The van der Waals surface area contributed by atoms with Crippen LogP contribution in [0.5, 0.6) is 0 Å². The first-order valence-corrected chi connectivity index (χ1v) is 6.66. The van der Waals surface area contributed by atoms with Crippen molar-refractivity contribution < 1.29 is 9.90 Å². The Bertz CT molecular complexity index is 455. The summed E-state index contributed by atoms with van der Waals surface area (Å²) in [6.45, 7) is 2.39. The summed E-state index contributed by atoms with van der Waals surface area (Å²) in [5, 5.41) is 9.76. The molecule has 0 spiro atoms. The van der Waals surface area contributed by atoms with Crippen LogP contribution in [0.1, 0.15) is 30.8 Å². The molecule has 0 aliphatic heterocycles. The van der Waals surface area contributed by atoms with Crippen LogP contribution in [0, 0.1) is 12.8 Å². The maximum atomic E-state index is 12.3. The Labute approximate surface area is 137 Å². The van der Waals surface area contributed by atoms with Crippen molar-refractivity contribution in [2.45, 2.75) is 44.9 Å². The molecule has 0 saturated heterocycles. The van der Waals surface area contributed by atoms with Crippen LogP contribution in [-0.4, -0.2) is 45.1 Å². The second-order valence-electron chi connectivity index (χ2n) is 5.45. The monoisotopic (exact) mass is 338 g/mol. The van der Waals surface area contributed by atoms with E-state index < -0.39 is 6.10 Å². The number of carbonyl (C=O) groups is 1. The number of hydrogen-bond acceptors (Lipinski definition) is 4. The highest BCUT2D eigenvalue weighted by atomic mass is 35.5. The topological polar surface area (TPSA) is 95.2 Å². The van der Waals surface area contributed by atoms with Gasteiger partial charge < -0.3 is 20.7 Å². The summed E-state index contributed by atoms with van der Waals surface area (Å²) in [5.41, 5.74) is 6.73. The molecular formula is C13H24Cl2N4O2. The quantitative estimate of drug-likeness (QED) is 0.766. The van der Waals surface area contributed by atoms with Gasteiger partial charge in [0.15, 0.2) is 0 Å². The summed E-state index contributed by atoms with van der Waals surface area (Å²) in [6, 6.07) is -0.193. The fraction of sp³-hybridized carbons (Fsp3) is 0.692. The van der Waals surface area contributed by atoms with E-state index in [1.54, 1.807) is 18.1 Å². The van der Waals surface area contributed by atoms with E-state index >= 15 is 0 Å². The van der Waals surface area contributed by atoms with E-state index in [1.165, 1.54) is 0 Å². The number of H-pyrrole nitrogens is 1. The van der Waals surface area contributed by atoms with Gasteiger partial charge in [0.2, 0.25) is 5.91 Å². The van der Waals surface area contributed by atoms with Gasteiger partial charge in [-0.2, -0.15) is 0 Å². The number of aromatic nitrogens is 2. The molecule has 1 heterocycles. The highest BCUT2D eigenvalue weighted by Gasteiger charge is 2.32. The summed E-state index contributed by atoms with van der Waals surface area (Å²) in [7, 11) is 1.76. The van der Waals surface area contributed by atoms with Crippen molar-refractivity contribution in [2.75, 3.05) is 7.05 Å². The first-order valence-electron chi connectivity index (χ1n) is 6.66. The maximum absolute atomic E-state index is 12.3. The van der Waals surface area contributed by atoms with Crippen molar-refractivity contribution >= 4 is 30.7 Å². The summed E-state index contributed by atoms with van der Waals surface area (Å²) < 4.78 is 0. The average Bonchev–Trinajstić information content (AvgIpc) is 2.77. The van der Waals surface area contributed by atoms with Crippen molar-refractivity contribution in [1.82, 2.24) is 14.9 Å². The van der Waals surface area contributed by atoms with Gasteiger partial charge in [-0.15, -0.1) is 24.8 Å². The first-order chi connectivity index (χ1) is 8.97. The van der Waals surface area contributed by atoms with E-state index in [4.69, 9.17) is 5.73 Å². The lowest BCUT2D eigenvalue weighted by atomic mass is 9.83. The van der Waals surface area contributed by atoms with Crippen LogP contribution >= 0.6 is 24.8 Å². The third-order valence-corrected chi connectivity index (χ3v) is 3.74. The molecule has 1 aromatic rings. The second-order valence-corrected chi connectivity index (χ2v) is 5.45. The third kappa shape index (κ3) is 5.14. The van der Waals surface area contributed by atoms with Crippen LogP contribution in [0.25, 0.3) is 0 Å². The number of hydrogen-bond donors (Lipinski definition) is 3. The lowest BCUT2D eigenvalue weighted by Gasteiger charge is -2.32. The molecule has 1 aliphatic rings. The molecule has 0 bridgehead atoms. The van der Waals surface area contributed by atoms with Crippen molar-refractivity contribution in [2.24, 2.45) is 11.7 Å². The summed E-state index contributed by atoms with van der Waals surface area (Å²) in [5.74, 6) is 0.706. The fourth-order valence-corrected chi connectivity index (χ4v) is 2.56. The molecule has 8 heteroatoms. The van der Waals surface area contributed by atoms with Gasteiger partial charge in [0.25, 0.3) is 0 Å². The minimum atomic E-state index is -0.568. The average molecular weight is 339 g/mol. The van der Waals surface area contributed by atoms with Gasteiger partial charge in [0.1, 0.15) is 5.82 Å². The SMILES string of the molecule is Cc1cnc(CN(C)C(=O)[C@H]2CC[C@@H](N)[C@H](O)C2)[nH]1.Cl.Cl. The number of rotatable bonds is 3. The summed E-state index contributed by atoms with van der Waals surface area (Å²) >= 11 is 0. The minimum Gasteiger partial charge on any atom is -0.391 e. The van der Waals surface area contributed by atoms with Gasteiger partial charge in [0, 0.05) is 30.9 Å². The highest BCUT2D eigenvalue weighted by Crippen LogP contribution is 2.25.